The monoisotopic (exact) mass is 247 g/mol. The average molecular weight is 247 g/mol. The van der Waals surface area contributed by atoms with E-state index in [1.807, 2.05) is 13.0 Å². The largest absolute Gasteiger partial charge is 0.469 e. The lowest BCUT2D eigenvalue weighted by molar-refractivity contribution is 0.102. The smallest absolute Gasteiger partial charge is 0.260 e. The molecule has 0 aromatic carbocycles. The van der Waals surface area contributed by atoms with Crippen molar-refractivity contribution in [1.29, 1.82) is 0 Å². The van der Waals surface area contributed by atoms with Gasteiger partial charge in [0.25, 0.3) is 5.91 Å². The number of hydrogen-bond acceptors (Lipinski definition) is 3. The van der Waals surface area contributed by atoms with Gasteiger partial charge < -0.3 is 9.73 Å². The van der Waals surface area contributed by atoms with Crippen LogP contribution < -0.4 is 5.32 Å². The molecule has 18 heavy (non-hydrogen) atoms. The quantitative estimate of drug-likeness (QED) is 0.872. The zero-order valence-electron chi connectivity index (χ0n) is 10.8. The minimum absolute atomic E-state index is 0.192. The molecule has 0 atom stereocenters. The van der Waals surface area contributed by atoms with E-state index in [0.717, 1.165) is 5.69 Å². The molecular weight excluding hydrogens is 230 g/mol. The summed E-state index contributed by atoms with van der Waals surface area (Å²) in [5, 5.41) is 9.70. The van der Waals surface area contributed by atoms with E-state index in [-0.39, 0.29) is 5.91 Å². The Morgan fingerprint density at radius 2 is 2.33 bits per heavy atom. The zero-order chi connectivity index (χ0) is 13.1. The number of nitrogens with zero attached hydrogens (tertiary/aromatic N) is 1. The van der Waals surface area contributed by atoms with Gasteiger partial charge in [0.05, 0.1) is 11.8 Å². The van der Waals surface area contributed by atoms with Gasteiger partial charge in [-0.25, -0.2) is 0 Å². The Kier molecular flexibility index (Phi) is 3.50. The number of carbonyl (C=O) groups excluding carboxylic acids is 1. The third-order valence-corrected chi connectivity index (χ3v) is 2.77. The molecule has 96 valence electrons. The number of hydrogen-bond donors (Lipinski definition) is 2. The van der Waals surface area contributed by atoms with Crippen LogP contribution in [0.5, 0.6) is 0 Å². The Labute approximate surface area is 106 Å². The number of H-pyrrole nitrogens is 1. The van der Waals surface area contributed by atoms with Gasteiger partial charge in [-0.15, -0.1) is 0 Å². The molecular formula is C13H17N3O2. The van der Waals surface area contributed by atoms with Crippen molar-refractivity contribution in [1.82, 2.24) is 10.2 Å². The summed E-state index contributed by atoms with van der Waals surface area (Å²) in [5.74, 6) is 1.38. The van der Waals surface area contributed by atoms with Gasteiger partial charge in [0.15, 0.2) is 5.82 Å². The van der Waals surface area contributed by atoms with Gasteiger partial charge in [0, 0.05) is 18.2 Å². The number of amides is 1. The standard InChI is InChI=1S/C13H17N3O2/c1-4-11-9(5-6-18-11)13(17)14-12-7-10(8(2)3)15-16-12/h5-8H,4H2,1-3H3,(H2,14,15,16,17). The molecule has 2 rings (SSSR count). The van der Waals surface area contributed by atoms with Crippen LogP contribution in [0, 0.1) is 0 Å². The molecule has 5 heteroatoms. The van der Waals surface area contributed by atoms with Crippen LogP contribution in [0.25, 0.3) is 0 Å². The number of nitrogens with one attached hydrogen (secondary N) is 2. The number of aromatic amines is 1. The Hall–Kier alpha value is -2.04. The van der Waals surface area contributed by atoms with Gasteiger partial charge in [0.1, 0.15) is 5.76 Å². The van der Waals surface area contributed by atoms with E-state index >= 15 is 0 Å². The van der Waals surface area contributed by atoms with Crippen LogP contribution >= 0.6 is 0 Å². The van der Waals surface area contributed by atoms with Crippen molar-refractivity contribution in [3.63, 3.8) is 0 Å². The molecule has 2 heterocycles. The fourth-order valence-corrected chi connectivity index (χ4v) is 1.70. The third-order valence-electron chi connectivity index (χ3n) is 2.77. The molecule has 0 aliphatic heterocycles. The van der Waals surface area contributed by atoms with Crippen LogP contribution in [-0.2, 0) is 6.42 Å². The van der Waals surface area contributed by atoms with Crippen LogP contribution in [0.15, 0.2) is 22.8 Å². The first-order valence-electron chi connectivity index (χ1n) is 6.04. The molecule has 2 N–H and O–H groups in total. The average Bonchev–Trinajstić information content (AvgIpc) is 2.96. The molecule has 2 aromatic rings. The van der Waals surface area contributed by atoms with Gasteiger partial charge >= 0.3 is 0 Å². The molecule has 0 aliphatic carbocycles. The Morgan fingerprint density at radius 1 is 1.56 bits per heavy atom. The lowest BCUT2D eigenvalue weighted by Gasteiger charge is -2.00. The lowest BCUT2D eigenvalue weighted by Crippen LogP contribution is -2.12. The Balaban J connectivity index is 2.11. The fourth-order valence-electron chi connectivity index (χ4n) is 1.70. The fraction of sp³-hybridized carbons (Fsp3) is 0.385. The summed E-state index contributed by atoms with van der Waals surface area (Å²) < 4.78 is 5.23. The highest BCUT2D eigenvalue weighted by atomic mass is 16.3. The molecule has 0 spiro atoms. The van der Waals surface area contributed by atoms with E-state index in [4.69, 9.17) is 4.42 Å². The van der Waals surface area contributed by atoms with Crippen molar-refractivity contribution in [3.8, 4) is 0 Å². The number of rotatable bonds is 4. The highest BCUT2D eigenvalue weighted by Crippen LogP contribution is 2.17. The van der Waals surface area contributed by atoms with Crippen molar-refractivity contribution in [2.75, 3.05) is 5.32 Å². The summed E-state index contributed by atoms with van der Waals surface area (Å²) in [6.45, 7) is 6.07. The molecule has 5 nitrogen and oxygen atoms in total. The topological polar surface area (TPSA) is 70.9 Å². The normalized spacial score (nSPS) is 10.9. The maximum atomic E-state index is 12.0. The number of furan rings is 1. The molecule has 0 bridgehead atoms. The first kappa shape index (κ1) is 12.4. The SMILES string of the molecule is CCc1occc1C(=O)Nc1cc(C(C)C)[nH]n1. The van der Waals surface area contributed by atoms with Crippen molar-refractivity contribution >= 4 is 11.7 Å². The summed E-state index contributed by atoms with van der Waals surface area (Å²) in [6, 6.07) is 3.51. The molecule has 1 amide bonds. The lowest BCUT2D eigenvalue weighted by atomic mass is 10.1. The van der Waals surface area contributed by atoms with E-state index in [0.29, 0.717) is 29.5 Å². The van der Waals surface area contributed by atoms with Crippen molar-refractivity contribution in [3.05, 3.63) is 35.4 Å². The second kappa shape index (κ2) is 5.08. The van der Waals surface area contributed by atoms with Crippen molar-refractivity contribution in [2.45, 2.75) is 33.1 Å². The Bertz CT molecular complexity index is 540. The number of carbonyl (C=O) groups is 1. The third kappa shape index (κ3) is 2.45. The Morgan fingerprint density at radius 3 is 2.94 bits per heavy atom. The summed E-state index contributed by atoms with van der Waals surface area (Å²) >= 11 is 0. The number of aromatic nitrogens is 2. The van der Waals surface area contributed by atoms with E-state index in [2.05, 4.69) is 29.4 Å². The highest BCUT2D eigenvalue weighted by Gasteiger charge is 2.15. The summed E-state index contributed by atoms with van der Waals surface area (Å²) in [5.41, 5.74) is 1.56. The molecule has 0 fully saturated rings. The van der Waals surface area contributed by atoms with Gasteiger partial charge in [0.2, 0.25) is 0 Å². The summed E-state index contributed by atoms with van der Waals surface area (Å²) in [6.07, 6.45) is 2.21. The van der Waals surface area contributed by atoms with Crippen LogP contribution in [0.2, 0.25) is 0 Å². The van der Waals surface area contributed by atoms with Crippen LogP contribution in [-0.4, -0.2) is 16.1 Å². The van der Waals surface area contributed by atoms with E-state index < -0.39 is 0 Å². The minimum Gasteiger partial charge on any atom is -0.469 e. The van der Waals surface area contributed by atoms with Crippen LogP contribution in [0.4, 0.5) is 5.82 Å². The second-order valence-corrected chi connectivity index (χ2v) is 4.43. The highest BCUT2D eigenvalue weighted by molar-refractivity contribution is 6.04. The molecule has 0 aliphatic rings. The molecule has 0 unspecified atom stereocenters. The molecule has 0 saturated carbocycles. The van der Waals surface area contributed by atoms with E-state index in [1.165, 1.54) is 6.26 Å². The predicted molar refractivity (Wildman–Crippen MR) is 68.7 cm³/mol. The van der Waals surface area contributed by atoms with Gasteiger partial charge in [-0.1, -0.05) is 20.8 Å². The van der Waals surface area contributed by atoms with Crippen LogP contribution in [0.3, 0.4) is 0 Å². The zero-order valence-corrected chi connectivity index (χ0v) is 10.8. The first-order chi connectivity index (χ1) is 8.61. The van der Waals surface area contributed by atoms with Gasteiger partial charge in [-0.3, -0.25) is 9.89 Å². The van der Waals surface area contributed by atoms with Gasteiger partial charge in [-0.2, -0.15) is 5.10 Å². The van der Waals surface area contributed by atoms with E-state index in [1.54, 1.807) is 6.07 Å². The summed E-state index contributed by atoms with van der Waals surface area (Å²) in [4.78, 5) is 12.0. The maximum absolute atomic E-state index is 12.0. The maximum Gasteiger partial charge on any atom is 0.260 e. The van der Waals surface area contributed by atoms with Gasteiger partial charge in [-0.05, 0) is 12.0 Å². The predicted octanol–water partition coefficient (Wildman–Crippen LogP) is 2.94. The molecule has 0 radical (unpaired) electrons. The van der Waals surface area contributed by atoms with Crippen molar-refractivity contribution < 1.29 is 9.21 Å². The summed E-state index contributed by atoms with van der Waals surface area (Å²) in [7, 11) is 0. The number of anilines is 1. The van der Waals surface area contributed by atoms with Crippen molar-refractivity contribution in [2.24, 2.45) is 0 Å². The number of aryl methyl sites for hydroxylation is 1. The van der Waals surface area contributed by atoms with E-state index in [9.17, 15) is 4.79 Å². The minimum atomic E-state index is -0.192. The second-order valence-electron chi connectivity index (χ2n) is 4.43. The first-order valence-corrected chi connectivity index (χ1v) is 6.04. The molecule has 2 aromatic heterocycles. The molecule has 0 saturated heterocycles. The van der Waals surface area contributed by atoms with Crippen LogP contribution in [0.1, 0.15) is 48.5 Å².